The fourth-order valence-electron chi connectivity index (χ4n) is 2.41. The van der Waals surface area contributed by atoms with E-state index in [9.17, 15) is 9.59 Å². The number of carboxylic acid groups (broad SMARTS) is 1. The molecule has 2 rings (SSSR count). The van der Waals surface area contributed by atoms with Crippen molar-refractivity contribution in [1.82, 2.24) is 4.90 Å². The Bertz CT molecular complexity index is 490. The molecule has 0 aromatic heterocycles. The van der Waals surface area contributed by atoms with Crippen LogP contribution in [0.3, 0.4) is 0 Å². The highest BCUT2D eigenvalue weighted by molar-refractivity contribution is 5.82. The summed E-state index contributed by atoms with van der Waals surface area (Å²) in [6, 6.07) is 9.24. The third kappa shape index (κ3) is 4.03. The van der Waals surface area contributed by atoms with E-state index >= 15 is 0 Å². The van der Waals surface area contributed by atoms with E-state index in [1.807, 2.05) is 30.3 Å². The molecule has 21 heavy (non-hydrogen) atoms. The zero-order valence-electron chi connectivity index (χ0n) is 11.9. The molecule has 1 aliphatic heterocycles. The number of hydrogen-bond donors (Lipinski definition) is 1. The van der Waals surface area contributed by atoms with E-state index < -0.39 is 18.2 Å². The third-order valence-electron chi connectivity index (χ3n) is 3.42. The lowest BCUT2D eigenvalue weighted by Gasteiger charge is -2.34. The van der Waals surface area contributed by atoms with Gasteiger partial charge in [-0.3, -0.25) is 9.59 Å². The number of rotatable bonds is 5. The van der Waals surface area contributed by atoms with E-state index in [4.69, 9.17) is 14.6 Å². The van der Waals surface area contributed by atoms with Crippen LogP contribution < -0.4 is 0 Å². The van der Waals surface area contributed by atoms with Gasteiger partial charge in [0.15, 0.2) is 6.10 Å². The van der Waals surface area contributed by atoms with Crippen LogP contribution in [-0.2, 0) is 19.1 Å². The SMILES string of the molecule is CO[C@@H](C(=O)N1CCO[C@@H](CC(=O)O)C1)c1ccccc1. The van der Waals surface area contributed by atoms with E-state index in [2.05, 4.69) is 0 Å². The Hall–Kier alpha value is -1.92. The minimum Gasteiger partial charge on any atom is -0.481 e. The molecular formula is C15H19NO5. The quantitative estimate of drug-likeness (QED) is 0.879. The largest absolute Gasteiger partial charge is 0.481 e. The van der Waals surface area contributed by atoms with Crippen molar-refractivity contribution in [1.29, 1.82) is 0 Å². The molecule has 1 heterocycles. The molecule has 0 saturated carbocycles. The Balaban J connectivity index is 2.05. The summed E-state index contributed by atoms with van der Waals surface area (Å²) in [5.41, 5.74) is 0.784. The molecule has 1 N–H and O–H groups in total. The van der Waals surface area contributed by atoms with Crippen molar-refractivity contribution < 1.29 is 24.2 Å². The highest BCUT2D eigenvalue weighted by atomic mass is 16.5. The van der Waals surface area contributed by atoms with Crippen LogP contribution in [0.25, 0.3) is 0 Å². The molecule has 1 aliphatic rings. The second-order valence-corrected chi connectivity index (χ2v) is 4.90. The number of morpholine rings is 1. The first-order chi connectivity index (χ1) is 10.1. The van der Waals surface area contributed by atoms with Gasteiger partial charge in [-0.2, -0.15) is 0 Å². The van der Waals surface area contributed by atoms with Crippen molar-refractivity contribution in [3.05, 3.63) is 35.9 Å². The number of benzene rings is 1. The standard InChI is InChI=1S/C15H19NO5/c1-20-14(11-5-3-2-4-6-11)15(19)16-7-8-21-12(10-16)9-13(17)18/h2-6,12,14H,7-10H2,1H3,(H,17,18)/t12-,14+/m0/s1. The van der Waals surface area contributed by atoms with E-state index in [1.165, 1.54) is 7.11 Å². The average molecular weight is 293 g/mol. The molecule has 6 heteroatoms. The number of nitrogens with zero attached hydrogens (tertiary/aromatic N) is 1. The molecule has 2 atom stereocenters. The molecule has 1 amide bonds. The van der Waals surface area contributed by atoms with Gasteiger partial charge in [-0.05, 0) is 5.56 Å². The fourth-order valence-corrected chi connectivity index (χ4v) is 2.41. The van der Waals surface area contributed by atoms with Crippen molar-refractivity contribution in [2.45, 2.75) is 18.6 Å². The maximum atomic E-state index is 12.6. The van der Waals surface area contributed by atoms with Gasteiger partial charge in [0.1, 0.15) is 0 Å². The summed E-state index contributed by atoms with van der Waals surface area (Å²) >= 11 is 0. The van der Waals surface area contributed by atoms with Crippen molar-refractivity contribution in [3.63, 3.8) is 0 Å². The number of ether oxygens (including phenoxy) is 2. The summed E-state index contributed by atoms with van der Waals surface area (Å²) in [6.07, 6.45) is -1.24. The predicted molar refractivity (Wildman–Crippen MR) is 74.8 cm³/mol. The summed E-state index contributed by atoms with van der Waals surface area (Å²) in [5, 5.41) is 8.82. The average Bonchev–Trinajstić information content (AvgIpc) is 2.48. The summed E-state index contributed by atoms with van der Waals surface area (Å²) in [5.74, 6) is -1.09. The molecule has 1 fully saturated rings. The molecule has 114 valence electrons. The van der Waals surface area contributed by atoms with Gasteiger partial charge in [-0.15, -0.1) is 0 Å². The number of methoxy groups -OCH3 is 1. The maximum absolute atomic E-state index is 12.6. The van der Waals surface area contributed by atoms with Gasteiger partial charge >= 0.3 is 5.97 Å². The smallest absolute Gasteiger partial charge is 0.306 e. The predicted octanol–water partition coefficient (Wildman–Crippen LogP) is 1.08. The number of carbonyl (C=O) groups is 2. The van der Waals surface area contributed by atoms with Gasteiger partial charge < -0.3 is 19.5 Å². The Labute approximate surface area is 123 Å². The van der Waals surface area contributed by atoms with Crippen LogP contribution in [-0.4, -0.2) is 54.8 Å². The van der Waals surface area contributed by atoms with Crippen LogP contribution in [0.1, 0.15) is 18.1 Å². The molecule has 0 spiro atoms. The van der Waals surface area contributed by atoms with E-state index in [1.54, 1.807) is 4.90 Å². The lowest BCUT2D eigenvalue weighted by Crippen LogP contribution is -2.48. The number of hydrogen-bond acceptors (Lipinski definition) is 4. The molecular weight excluding hydrogens is 274 g/mol. The zero-order chi connectivity index (χ0) is 15.2. The second kappa shape index (κ2) is 7.19. The minimum atomic E-state index is -0.930. The van der Waals surface area contributed by atoms with Crippen molar-refractivity contribution >= 4 is 11.9 Å². The summed E-state index contributed by atoms with van der Waals surface area (Å²) < 4.78 is 10.7. The first-order valence-electron chi connectivity index (χ1n) is 6.81. The zero-order valence-corrected chi connectivity index (χ0v) is 11.9. The summed E-state index contributed by atoms with van der Waals surface area (Å²) in [7, 11) is 1.49. The number of aliphatic carboxylic acids is 1. The van der Waals surface area contributed by atoms with Crippen LogP contribution >= 0.6 is 0 Å². The molecule has 0 radical (unpaired) electrons. The molecule has 1 aromatic rings. The van der Waals surface area contributed by atoms with Gasteiger partial charge in [0, 0.05) is 20.2 Å². The molecule has 1 saturated heterocycles. The van der Waals surface area contributed by atoms with E-state index in [-0.39, 0.29) is 18.9 Å². The van der Waals surface area contributed by atoms with Crippen LogP contribution in [0.15, 0.2) is 30.3 Å². The van der Waals surface area contributed by atoms with E-state index in [0.717, 1.165) is 5.56 Å². The fraction of sp³-hybridized carbons (Fsp3) is 0.467. The van der Waals surface area contributed by atoms with Crippen LogP contribution in [0, 0.1) is 0 Å². The molecule has 1 aromatic carbocycles. The van der Waals surface area contributed by atoms with Crippen LogP contribution in [0.2, 0.25) is 0 Å². The van der Waals surface area contributed by atoms with Crippen molar-refractivity contribution in [3.8, 4) is 0 Å². The summed E-state index contributed by atoms with van der Waals surface area (Å²) in [6.45, 7) is 1.06. The monoisotopic (exact) mass is 293 g/mol. The first-order valence-corrected chi connectivity index (χ1v) is 6.81. The van der Waals surface area contributed by atoms with E-state index in [0.29, 0.717) is 13.2 Å². The van der Waals surface area contributed by atoms with Crippen LogP contribution in [0.5, 0.6) is 0 Å². The Kier molecular flexibility index (Phi) is 5.30. The molecule has 0 bridgehead atoms. The lowest BCUT2D eigenvalue weighted by molar-refractivity contribution is -0.154. The second-order valence-electron chi connectivity index (χ2n) is 4.90. The van der Waals surface area contributed by atoms with Gasteiger partial charge in [0.05, 0.1) is 19.1 Å². The normalized spacial score (nSPS) is 20.0. The van der Waals surface area contributed by atoms with Crippen molar-refractivity contribution in [2.24, 2.45) is 0 Å². The van der Waals surface area contributed by atoms with Crippen LogP contribution in [0.4, 0.5) is 0 Å². The molecule has 0 aliphatic carbocycles. The highest BCUT2D eigenvalue weighted by Gasteiger charge is 2.31. The Morgan fingerprint density at radius 3 is 2.76 bits per heavy atom. The maximum Gasteiger partial charge on any atom is 0.306 e. The van der Waals surface area contributed by atoms with Crippen molar-refractivity contribution in [2.75, 3.05) is 26.8 Å². The highest BCUT2D eigenvalue weighted by Crippen LogP contribution is 2.21. The number of amides is 1. The number of carboxylic acids is 1. The van der Waals surface area contributed by atoms with Gasteiger partial charge in [0.25, 0.3) is 5.91 Å². The molecule has 6 nitrogen and oxygen atoms in total. The van der Waals surface area contributed by atoms with Gasteiger partial charge in [-0.25, -0.2) is 0 Å². The van der Waals surface area contributed by atoms with Gasteiger partial charge in [-0.1, -0.05) is 30.3 Å². The Morgan fingerprint density at radius 2 is 2.14 bits per heavy atom. The Morgan fingerprint density at radius 1 is 1.43 bits per heavy atom. The lowest BCUT2D eigenvalue weighted by atomic mass is 10.1. The minimum absolute atomic E-state index is 0.104. The topological polar surface area (TPSA) is 76.1 Å². The first kappa shape index (κ1) is 15.5. The molecule has 0 unspecified atom stereocenters. The van der Waals surface area contributed by atoms with Gasteiger partial charge in [0.2, 0.25) is 0 Å². The number of carbonyl (C=O) groups excluding carboxylic acids is 1. The summed E-state index contributed by atoms with van der Waals surface area (Å²) in [4.78, 5) is 24.9. The third-order valence-corrected chi connectivity index (χ3v) is 3.42.